The van der Waals surface area contributed by atoms with Crippen molar-refractivity contribution in [3.05, 3.63) is 23.8 Å². The van der Waals surface area contributed by atoms with Crippen LogP contribution in [0.4, 0.5) is 0 Å². The second-order valence-corrected chi connectivity index (χ2v) is 7.62. The lowest BCUT2D eigenvalue weighted by atomic mass is 9.77. The van der Waals surface area contributed by atoms with Gasteiger partial charge in [-0.05, 0) is 52.2 Å². The van der Waals surface area contributed by atoms with Crippen LogP contribution in [-0.2, 0) is 24.3 Å². The summed E-state index contributed by atoms with van der Waals surface area (Å²) in [5, 5.41) is 0. The van der Waals surface area contributed by atoms with Gasteiger partial charge in [0, 0.05) is 5.46 Å². The summed E-state index contributed by atoms with van der Waals surface area (Å²) in [5.41, 5.74) is 0.416. The second-order valence-electron chi connectivity index (χ2n) is 7.62. The maximum Gasteiger partial charge on any atom is 0.498 e. The van der Waals surface area contributed by atoms with Crippen LogP contribution < -0.4 is 10.2 Å². The third-order valence-electron chi connectivity index (χ3n) is 5.62. The maximum atomic E-state index is 12.1. The minimum atomic E-state index is -0.517. The van der Waals surface area contributed by atoms with Crippen molar-refractivity contribution in [2.24, 2.45) is 0 Å². The first-order valence-corrected chi connectivity index (χ1v) is 8.29. The van der Waals surface area contributed by atoms with Crippen molar-refractivity contribution in [1.82, 2.24) is 0 Å². The van der Waals surface area contributed by atoms with E-state index in [-0.39, 0.29) is 5.97 Å². The summed E-state index contributed by atoms with van der Waals surface area (Å²) in [6.07, 6.45) is 1.61. The molecule has 1 aromatic carbocycles. The van der Waals surface area contributed by atoms with Crippen LogP contribution in [0.15, 0.2) is 18.2 Å². The Kier molecular flexibility index (Phi) is 3.96. The van der Waals surface area contributed by atoms with E-state index in [0.29, 0.717) is 5.75 Å². The Balaban J connectivity index is 1.93. The van der Waals surface area contributed by atoms with Gasteiger partial charge in [0.2, 0.25) is 0 Å². The minimum Gasteiger partial charge on any atom is -0.497 e. The van der Waals surface area contributed by atoms with Gasteiger partial charge in [0.25, 0.3) is 0 Å². The normalized spacial score (nSPS) is 23.0. The monoisotopic (exact) mass is 332 g/mol. The highest BCUT2D eigenvalue weighted by molar-refractivity contribution is 6.63. The molecule has 24 heavy (non-hydrogen) atoms. The van der Waals surface area contributed by atoms with E-state index in [1.807, 2.05) is 45.9 Å². The third kappa shape index (κ3) is 2.52. The summed E-state index contributed by atoms with van der Waals surface area (Å²) in [7, 11) is 2.55. The molecule has 1 heterocycles. The van der Waals surface area contributed by atoms with E-state index in [4.69, 9.17) is 18.8 Å². The maximum absolute atomic E-state index is 12.1. The SMILES string of the molecule is COC(=O)C1(c2ccc(B3OC(C)(C)C(C)(C)O3)c(OC)c2)CC1. The molecule has 1 saturated heterocycles. The standard InChI is InChI=1S/C18H25BO5/c1-16(2)17(3,4)24-19(23-16)13-8-7-12(11-14(13)21-5)18(9-10-18)15(20)22-6/h7-8,11H,9-10H2,1-6H3. The lowest BCUT2D eigenvalue weighted by Gasteiger charge is -2.32. The minimum absolute atomic E-state index is 0.187. The van der Waals surface area contributed by atoms with E-state index in [0.717, 1.165) is 23.9 Å². The Bertz CT molecular complexity index is 647. The molecule has 1 aliphatic carbocycles. The molecule has 2 fully saturated rings. The summed E-state index contributed by atoms with van der Waals surface area (Å²) in [5.74, 6) is 0.481. The van der Waals surface area contributed by atoms with E-state index in [1.54, 1.807) is 7.11 Å². The first kappa shape index (κ1) is 17.3. The Morgan fingerprint density at radius 2 is 1.67 bits per heavy atom. The zero-order valence-corrected chi connectivity index (χ0v) is 15.3. The zero-order valence-electron chi connectivity index (χ0n) is 15.3. The lowest BCUT2D eigenvalue weighted by Crippen LogP contribution is -2.41. The van der Waals surface area contributed by atoms with Gasteiger partial charge in [-0.15, -0.1) is 0 Å². The van der Waals surface area contributed by atoms with Crippen molar-refractivity contribution in [3.8, 4) is 5.75 Å². The number of ether oxygens (including phenoxy) is 2. The highest BCUT2D eigenvalue weighted by Gasteiger charge is 2.54. The van der Waals surface area contributed by atoms with E-state index in [1.165, 1.54) is 7.11 Å². The van der Waals surface area contributed by atoms with Gasteiger partial charge in [-0.3, -0.25) is 4.79 Å². The van der Waals surface area contributed by atoms with Gasteiger partial charge in [-0.1, -0.05) is 12.1 Å². The van der Waals surface area contributed by atoms with Crippen LogP contribution in [0.5, 0.6) is 5.75 Å². The van der Waals surface area contributed by atoms with Crippen molar-refractivity contribution in [3.63, 3.8) is 0 Å². The van der Waals surface area contributed by atoms with Crippen LogP contribution >= 0.6 is 0 Å². The molecule has 0 N–H and O–H groups in total. The van der Waals surface area contributed by atoms with Crippen LogP contribution in [0.3, 0.4) is 0 Å². The van der Waals surface area contributed by atoms with Gasteiger partial charge < -0.3 is 18.8 Å². The van der Waals surface area contributed by atoms with Crippen LogP contribution in [0, 0.1) is 0 Å². The zero-order chi connectivity index (χ0) is 17.8. The quantitative estimate of drug-likeness (QED) is 0.625. The molecule has 2 aliphatic rings. The average molecular weight is 332 g/mol. The molecule has 0 unspecified atom stereocenters. The fourth-order valence-electron chi connectivity index (χ4n) is 3.10. The fraction of sp³-hybridized carbons (Fsp3) is 0.611. The first-order valence-electron chi connectivity index (χ1n) is 8.29. The molecule has 6 heteroatoms. The Morgan fingerprint density at radius 3 is 2.12 bits per heavy atom. The van der Waals surface area contributed by atoms with Crippen molar-refractivity contribution in [2.45, 2.75) is 57.2 Å². The fourth-order valence-corrected chi connectivity index (χ4v) is 3.10. The molecule has 0 bridgehead atoms. The van der Waals surface area contributed by atoms with Gasteiger partial charge in [-0.25, -0.2) is 0 Å². The summed E-state index contributed by atoms with van der Waals surface area (Å²) < 4.78 is 22.7. The van der Waals surface area contributed by atoms with Gasteiger partial charge in [-0.2, -0.15) is 0 Å². The smallest absolute Gasteiger partial charge is 0.497 e. The highest BCUT2D eigenvalue weighted by Crippen LogP contribution is 2.49. The van der Waals surface area contributed by atoms with Crippen molar-refractivity contribution < 1.29 is 23.6 Å². The van der Waals surface area contributed by atoms with E-state index < -0.39 is 23.7 Å². The Morgan fingerprint density at radius 1 is 1.08 bits per heavy atom. The lowest BCUT2D eigenvalue weighted by molar-refractivity contribution is -0.143. The molecule has 1 saturated carbocycles. The molecule has 130 valence electrons. The Labute approximate surface area is 143 Å². The van der Waals surface area contributed by atoms with E-state index in [2.05, 4.69) is 0 Å². The van der Waals surface area contributed by atoms with E-state index >= 15 is 0 Å². The largest absolute Gasteiger partial charge is 0.498 e. The summed E-state index contributed by atoms with van der Waals surface area (Å²) >= 11 is 0. The molecule has 5 nitrogen and oxygen atoms in total. The Hall–Kier alpha value is -1.53. The van der Waals surface area contributed by atoms with Crippen molar-refractivity contribution >= 4 is 18.6 Å². The number of carbonyl (C=O) groups is 1. The van der Waals surface area contributed by atoms with Gasteiger partial charge in [0.05, 0.1) is 30.8 Å². The van der Waals surface area contributed by atoms with Gasteiger partial charge in [0.15, 0.2) is 0 Å². The average Bonchev–Trinajstić information content (AvgIpc) is 3.30. The molecule has 0 atom stereocenters. The van der Waals surface area contributed by atoms with Crippen LogP contribution in [0.2, 0.25) is 0 Å². The molecular formula is C18H25BO5. The van der Waals surface area contributed by atoms with Crippen molar-refractivity contribution in [1.29, 1.82) is 0 Å². The third-order valence-corrected chi connectivity index (χ3v) is 5.62. The van der Waals surface area contributed by atoms with Crippen LogP contribution in [0.25, 0.3) is 0 Å². The van der Waals surface area contributed by atoms with E-state index in [9.17, 15) is 4.79 Å². The number of carbonyl (C=O) groups excluding carboxylic acids is 1. The number of hydrogen-bond donors (Lipinski definition) is 0. The molecule has 3 rings (SSSR count). The summed E-state index contributed by atoms with van der Waals surface area (Å²) in [4.78, 5) is 12.1. The highest BCUT2D eigenvalue weighted by atomic mass is 16.7. The van der Waals surface area contributed by atoms with Crippen LogP contribution in [0.1, 0.15) is 46.1 Å². The molecule has 0 spiro atoms. The molecule has 1 aliphatic heterocycles. The number of rotatable bonds is 4. The second kappa shape index (κ2) is 5.50. The molecule has 1 aromatic rings. The molecule has 0 radical (unpaired) electrons. The summed E-state index contributed by atoms with van der Waals surface area (Å²) in [6.45, 7) is 8.07. The molecular weight excluding hydrogens is 307 g/mol. The number of benzene rings is 1. The van der Waals surface area contributed by atoms with Crippen LogP contribution in [-0.4, -0.2) is 38.5 Å². The topological polar surface area (TPSA) is 54.0 Å². The van der Waals surface area contributed by atoms with Crippen molar-refractivity contribution in [2.75, 3.05) is 14.2 Å². The van der Waals surface area contributed by atoms with Gasteiger partial charge in [0.1, 0.15) is 5.75 Å². The number of esters is 1. The molecule has 0 amide bonds. The summed E-state index contributed by atoms with van der Waals surface area (Å²) in [6, 6.07) is 5.79. The predicted molar refractivity (Wildman–Crippen MR) is 91.6 cm³/mol. The number of hydrogen-bond acceptors (Lipinski definition) is 5. The first-order chi connectivity index (χ1) is 11.2. The predicted octanol–water partition coefficient (Wildman–Crippen LogP) is 2.20. The number of methoxy groups -OCH3 is 2. The molecule has 0 aromatic heterocycles. The van der Waals surface area contributed by atoms with Gasteiger partial charge >= 0.3 is 13.1 Å².